The van der Waals surface area contributed by atoms with E-state index >= 15 is 0 Å². The number of benzene rings is 1. The van der Waals surface area contributed by atoms with E-state index in [-0.39, 0.29) is 18.1 Å². The van der Waals surface area contributed by atoms with Crippen molar-refractivity contribution < 1.29 is 9.84 Å². The summed E-state index contributed by atoms with van der Waals surface area (Å²) < 4.78 is 5.70. The zero-order valence-corrected chi connectivity index (χ0v) is 9.10. The molecule has 1 aliphatic rings. The monoisotopic (exact) mass is 206 g/mol. The molecule has 1 fully saturated rings. The predicted molar refractivity (Wildman–Crippen MR) is 59.7 cm³/mol. The zero-order chi connectivity index (χ0) is 10.7. The van der Waals surface area contributed by atoms with E-state index in [1.54, 1.807) is 0 Å². The van der Waals surface area contributed by atoms with Gasteiger partial charge in [0.25, 0.3) is 0 Å². The summed E-state index contributed by atoms with van der Waals surface area (Å²) in [6, 6.07) is 10.3. The molecular formula is C13H18O2. The Balaban J connectivity index is 1.91. The average molecular weight is 206 g/mol. The fourth-order valence-corrected chi connectivity index (χ4v) is 1.99. The molecule has 1 aliphatic heterocycles. The van der Waals surface area contributed by atoms with Crippen LogP contribution in [0.25, 0.3) is 0 Å². The molecule has 1 aromatic carbocycles. The molecule has 1 heterocycles. The number of rotatable bonds is 2. The van der Waals surface area contributed by atoms with E-state index in [4.69, 9.17) is 4.74 Å². The van der Waals surface area contributed by atoms with Crippen LogP contribution in [0.2, 0.25) is 0 Å². The van der Waals surface area contributed by atoms with Crippen LogP contribution in [0.15, 0.2) is 30.3 Å². The summed E-state index contributed by atoms with van der Waals surface area (Å²) in [4.78, 5) is 0. The highest BCUT2D eigenvalue weighted by atomic mass is 16.5. The minimum absolute atomic E-state index is 0.179. The van der Waals surface area contributed by atoms with E-state index in [9.17, 15) is 5.11 Å². The van der Waals surface area contributed by atoms with Crippen LogP contribution in [0.1, 0.15) is 18.9 Å². The molecule has 0 spiro atoms. The van der Waals surface area contributed by atoms with Crippen molar-refractivity contribution >= 4 is 0 Å². The van der Waals surface area contributed by atoms with Crippen molar-refractivity contribution in [3.63, 3.8) is 0 Å². The third-order valence-corrected chi connectivity index (χ3v) is 3.06. The molecule has 0 saturated carbocycles. The second-order valence-electron chi connectivity index (χ2n) is 4.43. The van der Waals surface area contributed by atoms with Gasteiger partial charge in [-0.25, -0.2) is 0 Å². The Labute approximate surface area is 90.9 Å². The second kappa shape index (κ2) is 4.77. The molecule has 0 amide bonds. The molecule has 3 atom stereocenters. The van der Waals surface area contributed by atoms with Crippen LogP contribution in [-0.2, 0) is 11.2 Å². The van der Waals surface area contributed by atoms with E-state index in [0.29, 0.717) is 6.61 Å². The minimum atomic E-state index is -0.201. The van der Waals surface area contributed by atoms with E-state index < -0.39 is 0 Å². The zero-order valence-electron chi connectivity index (χ0n) is 9.10. The fourth-order valence-electron chi connectivity index (χ4n) is 1.99. The molecule has 1 aromatic rings. The lowest BCUT2D eigenvalue weighted by Gasteiger charge is -2.31. The Kier molecular flexibility index (Phi) is 3.39. The summed E-state index contributed by atoms with van der Waals surface area (Å²) in [6.45, 7) is 2.71. The molecule has 2 rings (SSSR count). The number of ether oxygens (including phenoxy) is 1. The van der Waals surface area contributed by atoms with Crippen molar-refractivity contribution in [2.75, 3.05) is 6.61 Å². The molecule has 1 saturated heterocycles. The van der Waals surface area contributed by atoms with Crippen molar-refractivity contribution in [1.82, 2.24) is 0 Å². The van der Waals surface area contributed by atoms with Gasteiger partial charge in [0.15, 0.2) is 0 Å². The first kappa shape index (κ1) is 10.7. The fraction of sp³-hybridized carbons (Fsp3) is 0.538. The van der Waals surface area contributed by atoms with Crippen LogP contribution >= 0.6 is 0 Å². The Morgan fingerprint density at radius 1 is 1.33 bits per heavy atom. The largest absolute Gasteiger partial charge is 0.393 e. The smallest absolute Gasteiger partial charge is 0.0640 e. The van der Waals surface area contributed by atoms with Crippen LogP contribution in [-0.4, -0.2) is 23.9 Å². The standard InChI is InChI=1S/C13H18O2/c1-10-9-15-12(8-13(10)14)7-11-5-3-2-4-6-11/h2-6,10,12-14H,7-9H2,1H3/t10-,12-,13+/m1/s1. The molecule has 1 N–H and O–H groups in total. The van der Waals surface area contributed by atoms with Crippen LogP contribution in [0.5, 0.6) is 0 Å². The van der Waals surface area contributed by atoms with Gasteiger partial charge in [-0.05, 0) is 12.0 Å². The maximum Gasteiger partial charge on any atom is 0.0640 e. The van der Waals surface area contributed by atoms with Crippen LogP contribution in [0.4, 0.5) is 0 Å². The Bertz CT molecular complexity index is 297. The summed E-state index contributed by atoms with van der Waals surface area (Å²) in [6.07, 6.45) is 1.65. The summed E-state index contributed by atoms with van der Waals surface area (Å²) in [5.74, 6) is 0.275. The quantitative estimate of drug-likeness (QED) is 0.802. The molecule has 15 heavy (non-hydrogen) atoms. The molecule has 0 aromatic heterocycles. The first-order chi connectivity index (χ1) is 7.25. The van der Waals surface area contributed by atoms with Gasteiger partial charge in [0.1, 0.15) is 0 Å². The molecule has 0 radical (unpaired) electrons. The number of aliphatic hydroxyl groups is 1. The highest BCUT2D eigenvalue weighted by Crippen LogP contribution is 2.21. The summed E-state index contributed by atoms with van der Waals surface area (Å²) >= 11 is 0. The molecule has 0 aliphatic carbocycles. The van der Waals surface area contributed by atoms with E-state index in [2.05, 4.69) is 12.1 Å². The highest BCUT2D eigenvalue weighted by molar-refractivity contribution is 5.15. The summed E-state index contributed by atoms with van der Waals surface area (Å²) in [5, 5.41) is 9.75. The first-order valence-corrected chi connectivity index (χ1v) is 5.59. The van der Waals surface area contributed by atoms with E-state index in [0.717, 1.165) is 12.8 Å². The van der Waals surface area contributed by atoms with Crippen molar-refractivity contribution in [3.05, 3.63) is 35.9 Å². The number of aliphatic hydroxyl groups excluding tert-OH is 1. The van der Waals surface area contributed by atoms with Crippen molar-refractivity contribution in [1.29, 1.82) is 0 Å². The molecule has 0 bridgehead atoms. The molecule has 82 valence electrons. The van der Waals surface area contributed by atoms with Crippen molar-refractivity contribution in [2.24, 2.45) is 5.92 Å². The Morgan fingerprint density at radius 2 is 2.07 bits per heavy atom. The van der Waals surface area contributed by atoms with Gasteiger partial charge in [-0.2, -0.15) is 0 Å². The van der Waals surface area contributed by atoms with Gasteiger partial charge >= 0.3 is 0 Å². The van der Waals surface area contributed by atoms with E-state index in [1.165, 1.54) is 5.56 Å². The highest BCUT2D eigenvalue weighted by Gasteiger charge is 2.26. The third-order valence-electron chi connectivity index (χ3n) is 3.06. The lowest BCUT2D eigenvalue weighted by Crippen LogP contribution is -2.36. The maximum absolute atomic E-state index is 9.75. The molecular weight excluding hydrogens is 188 g/mol. The maximum atomic E-state index is 9.75. The number of hydrogen-bond donors (Lipinski definition) is 1. The van der Waals surface area contributed by atoms with Gasteiger partial charge in [0, 0.05) is 12.3 Å². The molecule has 2 heteroatoms. The molecule has 2 nitrogen and oxygen atoms in total. The lowest BCUT2D eigenvalue weighted by molar-refractivity contribution is -0.0765. The lowest BCUT2D eigenvalue weighted by atomic mass is 9.93. The van der Waals surface area contributed by atoms with Crippen molar-refractivity contribution in [2.45, 2.75) is 32.0 Å². The topological polar surface area (TPSA) is 29.5 Å². The SMILES string of the molecule is C[C@@H]1CO[C@H](Cc2ccccc2)C[C@@H]1O. The van der Waals surface area contributed by atoms with Crippen molar-refractivity contribution in [3.8, 4) is 0 Å². The van der Waals surface area contributed by atoms with E-state index in [1.807, 2.05) is 25.1 Å². The van der Waals surface area contributed by atoms with Crippen LogP contribution in [0, 0.1) is 5.92 Å². The van der Waals surface area contributed by atoms with Gasteiger partial charge < -0.3 is 9.84 Å². The number of hydrogen-bond acceptors (Lipinski definition) is 2. The average Bonchev–Trinajstić information content (AvgIpc) is 2.25. The Morgan fingerprint density at radius 3 is 2.73 bits per heavy atom. The van der Waals surface area contributed by atoms with Gasteiger partial charge in [-0.3, -0.25) is 0 Å². The minimum Gasteiger partial charge on any atom is -0.393 e. The van der Waals surface area contributed by atoms with Gasteiger partial charge in [-0.1, -0.05) is 37.3 Å². The molecule has 0 unspecified atom stereocenters. The van der Waals surface area contributed by atoms with Crippen LogP contribution < -0.4 is 0 Å². The first-order valence-electron chi connectivity index (χ1n) is 5.59. The second-order valence-corrected chi connectivity index (χ2v) is 4.43. The predicted octanol–water partition coefficient (Wildman–Crippen LogP) is 2.02. The van der Waals surface area contributed by atoms with Gasteiger partial charge in [-0.15, -0.1) is 0 Å². The Hall–Kier alpha value is -0.860. The summed E-state index contributed by atoms with van der Waals surface area (Å²) in [5.41, 5.74) is 1.28. The van der Waals surface area contributed by atoms with Crippen LogP contribution in [0.3, 0.4) is 0 Å². The normalized spacial score (nSPS) is 31.5. The third kappa shape index (κ3) is 2.80. The van der Waals surface area contributed by atoms with Gasteiger partial charge in [0.2, 0.25) is 0 Å². The van der Waals surface area contributed by atoms with Gasteiger partial charge in [0.05, 0.1) is 18.8 Å². The summed E-state index contributed by atoms with van der Waals surface area (Å²) in [7, 11) is 0.